The molecule has 8 nitrogen and oxygen atoms in total. The molecule has 0 bridgehead atoms. The Kier molecular flexibility index (Phi) is 8.03. The highest BCUT2D eigenvalue weighted by atomic mass is 16.6. The van der Waals surface area contributed by atoms with Gasteiger partial charge in [-0.15, -0.1) is 0 Å². The maximum atomic E-state index is 12.6. The highest BCUT2D eigenvalue weighted by Crippen LogP contribution is 2.07. The van der Waals surface area contributed by atoms with E-state index in [0.29, 0.717) is 12.4 Å². The molecule has 0 spiro atoms. The van der Waals surface area contributed by atoms with Crippen molar-refractivity contribution in [3.05, 3.63) is 54.2 Å². The molecule has 0 radical (unpaired) electrons. The van der Waals surface area contributed by atoms with Crippen molar-refractivity contribution in [1.29, 1.82) is 0 Å². The Labute approximate surface area is 171 Å². The lowest BCUT2D eigenvalue weighted by atomic mass is 9.99. The third kappa shape index (κ3) is 8.65. The quantitative estimate of drug-likeness (QED) is 0.451. The summed E-state index contributed by atoms with van der Waals surface area (Å²) in [5, 5.41) is 2.55. The number of aromatic nitrogens is 1. The summed E-state index contributed by atoms with van der Waals surface area (Å²) in [5.41, 5.74) is 6.54. The van der Waals surface area contributed by atoms with Crippen molar-refractivity contribution in [2.45, 2.75) is 39.0 Å². The molecule has 0 fully saturated rings. The molecule has 0 saturated carbocycles. The Bertz CT molecular complexity index is 794. The van der Waals surface area contributed by atoms with E-state index in [1.807, 2.05) is 44.2 Å². The number of anilines is 1. The van der Waals surface area contributed by atoms with Gasteiger partial charge in [-0.3, -0.25) is 15.6 Å². The zero-order valence-electron chi connectivity index (χ0n) is 17.2. The topological polar surface area (TPSA) is 102 Å². The molecule has 0 saturated heterocycles. The van der Waals surface area contributed by atoms with Gasteiger partial charge in [-0.2, -0.15) is 0 Å². The number of carbonyl (C=O) groups excluding carboxylic acids is 2. The first-order chi connectivity index (χ1) is 13.7. The number of amides is 2. The van der Waals surface area contributed by atoms with Gasteiger partial charge < -0.3 is 14.8 Å². The molecular formula is C20H27BN4O4. The number of alkyl carbamates (subject to hydrolysis) is 1. The maximum Gasteiger partial charge on any atom is 0.408 e. The van der Waals surface area contributed by atoms with Crippen molar-refractivity contribution < 1.29 is 19.1 Å². The molecule has 9 heteroatoms. The molecule has 0 aliphatic rings. The maximum absolute atomic E-state index is 12.6. The van der Waals surface area contributed by atoms with Crippen molar-refractivity contribution in [1.82, 2.24) is 15.7 Å². The number of nitrogens with zero attached hydrogens (tertiary/aromatic N) is 1. The standard InChI is InChI=1S/C20H27BN4O4/c1-20(2,3)29-19(27)23-16(13-28-12-14-7-5-4-6-8-14)18(26)25-24-17-10-9-15(21)11-22-17/h4-11,16H,12-13,21H2,1-3H3,(H,22,24)(H,23,27)(H,25,26)/t16-/m1/s1. The second-order valence-electron chi connectivity index (χ2n) is 7.53. The van der Waals surface area contributed by atoms with Crippen LogP contribution in [0.15, 0.2) is 48.7 Å². The summed E-state index contributed by atoms with van der Waals surface area (Å²) < 4.78 is 10.9. The van der Waals surface area contributed by atoms with Crippen LogP contribution in [0.3, 0.4) is 0 Å². The number of hydrazine groups is 1. The van der Waals surface area contributed by atoms with E-state index in [1.54, 1.807) is 33.0 Å². The molecular weight excluding hydrogens is 371 g/mol. The van der Waals surface area contributed by atoms with E-state index in [2.05, 4.69) is 21.2 Å². The minimum Gasteiger partial charge on any atom is -0.444 e. The number of carbonyl (C=O) groups is 2. The average molecular weight is 398 g/mol. The van der Waals surface area contributed by atoms with Gasteiger partial charge in [0.15, 0.2) is 0 Å². The van der Waals surface area contributed by atoms with Gasteiger partial charge in [-0.1, -0.05) is 41.9 Å². The van der Waals surface area contributed by atoms with E-state index in [1.165, 1.54) is 0 Å². The summed E-state index contributed by atoms with van der Waals surface area (Å²) in [7, 11) is 1.92. The minimum absolute atomic E-state index is 0.0248. The van der Waals surface area contributed by atoms with Crippen LogP contribution < -0.4 is 21.6 Å². The van der Waals surface area contributed by atoms with E-state index in [4.69, 9.17) is 9.47 Å². The number of benzene rings is 1. The highest BCUT2D eigenvalue weighted by Gasteiger charge is 2.24. The summed E-state index contributed by atoms with van der Waals surface area (Å²) >= 11 is 0. The first-order valence-electron chi connectivity index (χ1n) is 9.32. The van der Waals surface area contributed by atoms with Crippen molar-refractivity contribution in [2.75, 3.05) is 12.0 Å². The summed E-state index contributed by atoms with van der Waals surface area (Å²) in [6.45, 7) is 5.53. The van der Waals surface area contributed by atoms with Crippen LogP contribution in [0, 0.1) is 0 Å². The van der Waals surface area contributed by atoms with E-state index < -0.39 is 23.6 Å². The van der Waals surface area contributed by atoms with Crippen molar-refractivity contribution in [3.8, 4) is 0 Å². The Hall–Kier alpha value is -3.07. The van der Waals surface area contributed by atoms with Gasteiger partial charge in [0.05, 0.1) is 13.2 Å². The van der Waals surface area contributed by atoms with Crippen LogP contribution in [-0.4, -0.2) is 43.1 Å². The van der Waals surface area contributed by atoms with Crippen LogP contribution in [0.5, 0.6) is 0 Å². The molecule has 0 aliphatic carbocycles. The van der Waals surface area contributed by atoms with E-state index in [0.717, 1.165) is 11.0 Å². The summed E-state index contributed by atoms with van der Waals surface area (Å²) in [5.74, 6) is -0.00327. The molecule has 1 heterocycles. The fraction of sp³-hybridized carbons (Fsp3) is 0.350. The zero-order valence-corrected chi connectivity index (χ0v) is 17.2. The summed E-state index contributed by atoms with van der Waals surface area (Å²) in [6, 6.07) is 12.2. The fourth-order valence-electron chi connectivity index (χ4n) is 2.26. The Morgan fingerprint density at radius 2 is 1.86 bits per heavy atom. The highest BCUT2D eigenvalue weighted by molar-refractivity contribution is 6.32. The molecule has 2 rings (SSSR count). The number of pyridine rings is 1. The van der Waals surface area contributed by atoms with E-state index >= 15 is 0 Å². The monoisotopic (exact) mass is 398 g/mol. The number of hydrogen-bond donors (Lipinski definition) is 3. The Morgan fingerprint density at radius 1 is 1.14 bits per heavy atom. The third-order valence-corrected chi connectivity index (χ3v) is 3.63. The van der Waals surface area contributed by atoms with Crippen molar-refractivity contribution >= 4 is 31.1 Å². The molecule has 1 atom stereocenters. The van der Waals surface area contributed by atoms with Gasteiger partial charge in [0.1, 0.15) is 25.3 Å². The van der Waals surface area contributed by atoms with Gasteiger partial charge in [0.25, 0.3) is 5.91 Å². The molecule has 1 aromatic carbocycles. The molecule has 29 heavy (non-hydrogen) atoms. The van der Waals surface area contributed by atoms with Crippen LogP contribution in [0.25, 0.3) is 0 Å². The molecule has 0 unspecified atom stereocenters. The summed E-state index contributed by atoms with van der Waals surface area (Å²) in [6.07, 6.45) is 0.975. The fourth-order valence-corrected chi connectivity index (χ4v) is 2.26. The predicted octanol–water partition coefficient (Wildman–Crippen LogP) is 0.893. The van der Waals surface area contributed by atoms with Crippen LogP contribution in [0.2, 0.25) is 0 Å². The molecule has 1 aromatic heterocycles. The van der Waals surface area contributed by atoms with Crippen molar-refractivity contribution in [2.24, 2.45) is 0 Å². The molecule has 2 aromatic rings. The second kappa shape index (κ2) is 10.5. The van der Waals surface area contributed by atoms with Gasteiger partial charge in [0, 0.05) is 6.20 Å². The van der Waals surface area contributed by atoms with Crippen LogP contribution in [0.1, 0.15) is 26.3 Å². The predicted molar refractivity (Wildman–Crippen MR) is 113 cm³/mol. The molecule has 0 aliphatic heterocycles. The molecule has 3 N–H and O–H groups in total. The lowest BCUT2D eigenvalue weighted by Gasteiger charge is -2.23. The smallest absolute Gasteiger partial charge is 0.408 e. The minimum atomic E-state index is -0.952. The number of nitrogens with one attached hydrogen (secondary N) is 3. The zero-order chi connectivity index (χ0) is 21.3. The largest absolute Gasteiger partial charge is 0.444 e. The van der Waals surface area contributed by atoms with Gasteiger partial charge >= 0.3 is 6.09 Å². The average Bonchev–Trinajstić information content (AvgIpc) is 2.66. The van der Waals surface area contributed by atoms with E-state index in [9.17, 15) is 9.59 Å². The lowest BCUT2D eigenvalue weighted by Crippen LogP contribution is -2.51. The Balaban J connectivity index is 1.94. The number of hydrogen-bond acceptors (Lipinski definition) is 6. The van der Waals surface area contributed by atoms with Gasteiger partial charge in [-0.05, 0) is 32.4 Å². The number of ether oxygens (including phenoxy) is 2. The van der Waals surface area contributed by atoms with Crippen LogP contribution in [0.4, 0.5) is 10.6 Å². The molecule has 2 amide bonds. The third-order valence-electron chi connectivity index (χ3n) is 3.63. The van der Waals surface area contributed by atoms with Crippen LogP contribution in [-0.2, 0) is 20.9 Å². The number of rotatable bonds is 8. The Morgan fingerprint density at radius 3 is 2.48 bits per heavy atom. The lowest BCUT2D eigenvalue weighted by molar-refractivity contribution is -0.124. The first kappa shape index (κ1) is 22.2. The summed E-state index contributed by atoms with van der Waals surface area (Å²) in [4.78, 5) is 28.8. The van der Waals surface area contributed by atoms with E-state index in [-0.39, 0.29) is 6.61 Å². The molecule has 154 valence electrons. The normalized spacial score (nSPS) is 12.0. The second-order valence-corrected chi connectivity index (χ2v) is 7.53. The van der Waals surface area contributed by atoms with Crippen LogP contribution >= 0.6 is 0 Å². The van der Waals surface area contributed by atoms with Crippen molar-refractivity contribution in [3.63, 3.8) is 0 Å². The SMILES string of the molecule is Bc1ccc(NNC(=O)[C@@H](COCc2ccccc2)NC(=O)OC(C)(C)C)nc1. The first-order valence-corrected chi connectivity index (χ1v) is 9.32. The van der Waals surface area contributed by atoms with Gasteiger partial charge in [-0.25, -0.2) is 9.78 Å². The van der Waals surface area contributed by atoms with Gasteiger partial charge in [0.2, 0.25) is 0 Å².